The second kappa shape index (κ2) is 19.6. The molecular weight excluding hydrogens is 302 g/mol. The largest absolute Gasteiger partial charge is 0.447 e. The summed E-state index contributed by atoms with van der Waals surface area (Å²) in [5.74, 6) is 0. The highest BCUT2D eigenvalue weighted by Gasteiger charge is 1.98. The van der Waals surface area contributed by atoms with Crippen molar-refractivity contribution in [2.24, 2.45) is 4.99 Å². The van der Waals surface area contributed by atoms with E-state index in [0.717, 1.165) is 19.3 Å². The Hall–Kier alpha value is -1.41. The number of nitrogens with zero attached hydrogens (tertiary/aromatic N) is 1. The normalized spacial score (nSPS) is 10.7. The molecule has 0 aliphatic heterocycles. The molecule has 4 heteroatoms. The van der Waals surface area contributed by atoms with E-state index in [4.69, 9.17) is 4.74 Å². The van der Waals surface area contributed by atoms with Crippen LogP contribution in [0.25, 0.3) is 0 Å². The lowest BCUT2D eigenvalue weighted by Crippen LogP contribution is -2.00. The van der Waals surface area contributed by atoms with Crippen LogP contribution in [0.4, 0.5) is 4.79 Å². The Morgan fingerprint density at radius 2 is 1.33 bits per heavy atom. The SMILES string of the molecule is CCCCCCCCC=CCCCCCCCCOC(=O)N=C=O. The van der Waals surface area contributed by atoms with E-state index in [-0.39, 0.29) is 0 Å². The lowest BCUT2D eigenvalue weighted by atomic mass is 10.1. The van der Waals surface area contributed by atoms with Gasteiger partial charge in [0.05, 0.1) is 6.61 Å². The van der Waals surface area contributed by atoms with Gasteiger partial charge in [0.25, 0.3) is 0 Å². The molecule has 4 nitrogen and oxygen atoms in total. The maximum atomic E-state index is 10.7. The second-order valence-electron chi connectivity index (χ2n) is 6.26. The minimum Gasteiger partial charge on any atom is -0.447 e. The zero-order chi connectivity index (χ0) is 17.7. The number of aliphatic imine (C=N–C) groups is 1. The van der Waals surface area contributed by atoms with Crippen LogP contribution in [-0.2, 0) is 9.53 Å². The van der Waals surface area contributed by atoms with Crippen LogP contribution in [0.5, 0.6) is 0 Å². The number of carbonyl (C=O) groups is 1. The summed E-state index contributed by atoms with van der Waals surface area (Å²) < 4.78 is 4.72. The summed E-state index contributed by atoms with van der Waals surface area (Å²) in [6.07, 6.45) is 22.4. The van der Waals surface area contributed by atoms with Crippen LogP contribution in [0, 0.1) is 0 Å². The fraction of sp³-hybridized carbons (Fsp3) is 0.800. The number of rotatable bonds is 16. The van der Waals surface area contributed by atoms with E-state index in [1.165, 1.54) is 76.7 Å². The predicted octanol–water partition coefficient (Wildman–Crippen LogP) is 6.50. The Labute approximate surface area is 147 Å². The van der Waals surface area contributed by atoms with Gasteiger partial charge in [-0.3, -0.25) is 0 Å². The van der Waals surface area contributed by atoms with Gasteiger partial charge in [0, 0.05) is 0 Å². The molecule has 0 saturated heterocycles. The molecule has 0 aromatic heterocycles. The number of isocyanates is 1. The Morgan fingerprint density at radius 1 is 0.833 bits per heavy atom. The molecule has 0 spiro atoms. The molecular formula is C20H35NO3. The Kier molecular flexibility index (Phi) is 18.5. The molecule has 0 radical (unpaired) electrons. The predicted molar refractivity (Wildman–Crippen MR) is 98.9 cm³/mol. The van der Waals surface area contributed by atoms with E-state index in [0.29, 0.717) is 6.61 Å². The smallest absolute Gasteiger partial charge is 0.444 e. The van der Waals surface area contributed by atoms with Crippen molar-refractivity contribution in [2.75, 3.05) is 6.61 Å². The van der Waals surface area contributed by atoms with E-state index < -0.39 is 6.09 Å². The third-order valence-electron chi connectivity index (χ3n) is 4.02. The molecule has 0 aliphatic rings. The molecule has 138 valence electrons. The lowest BCUT2D eigenvalue weighted by molar-refractivity contribution is 0.155. The van der Waals surface area contributed by atoms with Crippen molar-refractivity contribution in [3.05, 3.63) is 12.2 Å². The standard InChI is InChI=1S/C20H35NO3/c1-2-3-4-5-6-7-8-9-10-11-12-13-14-15-16-17-18-24-20(23)21-19-22/h9-10H,2-8,11-18H2,1H3. The van der Waals surface area contributed by atoms with Gasteiger partial charge in [-0.2, -0.15) is 0 Å². The van der Waals surface area contributed by atoms with Crippen molar-refractivity contribution in [3.63, 3.8) is 0 Å². The monoisotopic (exact) mass is 337 g/mol. The number of carbonyl (C=O) groups excluding carboxylic acids is 2. The van der Waals surface area contributed by atoms with Gasteiger partial charge in [0.15, 0.2) is 0 Å². The minimum absolute atomic E-state index is 0.338. The maximum absolute atomic E-state index is 10.7. The van der Waals surface area contributed by atoms with E-state index in [9.17, 15) is 9.59 Å². The van der Waals surface area contributed by atoms with Gasteiger partial charge >= 0.3 is 6.09 Å². The van der Waals surface area contributed by atoms with E-state index in [1.54, 1.807) is 0 Å². The molecule has 24 heavy (non-hydrogen) atoms. The topological polar surface area (TPSA) is 55.7 Å². The van der Waals surface area contributed by atoms with Crippen LogP contribution in [0.15, 0.2) is 17.1 Å². The maximum Gasteiger partial charge on any atom is 0.444 e. The number of hydrogen-bond acceptors (Lipinski definition) is 3. The number of allylic oxidation sites excluding steroid dienone is 2. The summed E-state index contributed by atoms with van der Waals surface area (Å²) in [6, 6.07) is 0. The molecule has 0 unspecified atom stereocenters. The van der Waals surface area contributed by atoms with Crippen LogP contribution >= 0.6 is 0 Å². The number of unbranched alkanes of at least 4 members (excludes halogenated alkanes) is 12. The van der Waals surface area contributed by atoms with Gasteiger partial charge in [-0.1, -0.05) is 81.9 Å². The summed E-state index contributed by atoms with van der Waals surface area (Å²) in [7, 11) is 0. The molecule has 0 bridgehead atoms. The highest BCUT2D eigenvalue weighted by molar-refractivity contribution is 5.74. The van der Waals surface area contributed by atoms with Gasteiger partial charge < -0.3 is 4.74 Å². The van der Waals surface area contributed by atoms with Gasteiger partial charge in [0.2, 0.25) is 6.08 Å². The molecule has 0 aromatic rings. The van der Waals surface area contributed by atoms with Crippen molar-refractivity contribution in [1.82, 2.24) is 0 Å². The van der Waals surface area contributed by atoms with Crippen molar-refractivity contribution in [2.45, 2.75) is 96.8 Å². The molecule has 0 fully saturated rings. The van der Waals surface area contributed by atoms with Gasteiger partial charge in [-0.15, -0.1) is 0 Å². The molecule has 0 aliphatic carbocycles. The van der Waals surface area contributed by atoms with Gasteiger partial charge in [-0.05, 0) is 32.1 Å². The van der Waals surface area contributed by atoms with E-state index >= 15 is 0 Å². The number of ether oxygens (including phenoxy) is 1. The first-order chi connectivity index (χ1) is 11.8. The Balaban J connectivity index is 3.15. The average Bonchev–Trinajstić information content (AvgIpc) is 2.58. The zero-order valence-electron chi connectivity index (χ0n) is 15.4. The highest BCUT2D eigenvalue weighted by Crippen LogP contribution is 2.10. The first kappa shape index (κ1) is 22.6. The summed E-state index contributed by atoms with van der Waals surface area (Å²) in [5.41, 5.74) is 0. The van der Waals surface area contributed by atoms with Crippen molar-refractivity contribution in [3.8, 4) is 0 Å². The average molecular weight is 338 g/mol. The van der Waals surface area contributed by atoms with Crippen molar-refractivity contribution >= 4 is 12.2 Å². The van der Waals surface area contributed by atoms with Crippen LogP contribution < -0.4 is 0 Å². The molecule has 0 N–H and O–H groups in total. The first-order valence-corrected chi connectivity index (χ1v) is 9.71. The van der Waals surface area contributed by atoms with Crippen molar-refractivity contribution in [1.29, 1.82) is 0 Å². The van der Waals surface area contributed by atoms with Crippen molar-refractivity contribution < 1.29 is 14.3 Å². The minimum atomic E-state index is -0.835. The lowest BCUT2D eigenvalue weighted by Gasteiger charge is -2.01. The third kappa shape index (κ3) is 18.6. The van der Waals surface area contributed by atoms with Crippen LogP contribution in [0.3, 0.4) is 0 Å². The molecule has 0 atom stereocenters. The quantitative estimate of drug-likeness (QED) is 0.140. The highest BCUT2D eigenvalue weighted by atomic mass is 16.5. The molecule has 0 heterocycles. The van der Waals surface area contributed by atoms with Crippen LogP contribution in [0.2, 0.25) is 0 Å². The molecule has 0 rings (SSSR count). The zero-order valence-corrected chi connectivity index (χ0v) is 15.4. The third-order valence-corrected chi connectivity index (χ3v) is 4.02. The second-order valence-corrected chi connectivity index (χ2v) is 6.26. The van der Waals surface area contributed by atoms with Crippen LogP contribution in [0.1, 0.15) is 96.8 Å². The first-order valence-electron chi connectivity index (χ1n) is 9.71. The van der Waals surface area contributed by atoms with E-state index in [2.05, 4.69) is 24.1 Å². The summed E-state index contributed by atoms with van der Waals surface area (Å²) in [6.45, 7) is 2.60. The molecule has 0 aromatic carbocycles. The van der Waals surface area contributed by atoms with Gasteiger partial charge in [0.1, 0.15) is 0 Å². The fourth-order valence-corrected chi connectivity index (χ4v) is 2.58. The molecule has 1 amide bonds. The summed E-state index contributed by atoms with van der Waals surface area (Å²) in [5, 5.41) is 0. The molecule has 0 saturated carbocycles. The Morgan fingerprint density at radius 3 is 1.88 bits per heavy atom. The van der Waals surface area contributed by atoms with E-state index in [1.807, 2.05) is 0 Å². The van der Waals surface area contributed by atoms with Gasteiger partial charge in [-0.25, -0.2) is 9.59 Å². The summed E-state index contributed by atoms with van der Waals surface area (Å²) in [4.78, 5) is 23.4. The fourth-order valence-electron chi connectivity index (χ4n) is 2.58. The number of amides is 1. The Bertz CT molecular complexity index is 360. The van der Waals surface area contributed by atoms with Crippen LogP contribution in [-0.4, -0.2) is 18.8 Å². The summed E-state index contributed by atoms with van der Waals surface area (Å²) >= 11 is 0. The number of hydrogen-bond donors (Lipinski definition) is 0.